The molecule has 1 amide bonds. The quantitative estimate of drug-likeness (QED) is 0.818. The van der Waals surface area contributed by atoms with Crippen LogP contribution in [-0.2, 0) is 4.79 Å². The monoisotopic (exact) mass is 307 g/mol. The molecule has 1 aliphatic heterocycles. The summed E-state index contributed by atoms with van der Waals surface area (Å²) in [6.07, 6.45) is 11.0. The Balaban J connectivity index is 1.31. The van der Waals surface area contributed by atoms with Gasteiger partial charge in [0.2, 0.25) is 5.91 Å². The molecule has 3 aliphatic rings. The van der Waals surface area contributed by atoms with Crippen LogP contribution in [-0.4, -0.2) is 43.0 Å². The highest BCUT2D eigenvalue weighted by molar-refractivity contribution is 5.79. The summed E-state index contributed by atoms with van der Waals surface area (Å²) in [6, 6.07) is 0.443. The maximum absolute atomic E-state index is 11.9. The summed E-state index contributed by atoms with van der Waals surface area (Å²) in [7, 11) is 0. The first-order valence-electron chi connectivity index (χ1n) is 9.46. The van der Waals surface area contributed by atoms with Gasteiger partial charge in [-0.25, -0.2) is 0 Å². The third-order valence-corrected chi connectivity index (χ3v) is 6.09. The minimum atomic E-state index is 0.310. The van der Waals surface area contributed by atoms with E-state index in [4.69, 9.17) is 5.73 Å². The highest BCUT2D eigenvalue weighted by Crippen LogP contribution is 2.27. The molecule has 22 heavy (non-hydrogen) atoms. The molecular formula is C18H33N3O. The van der Waals surface area contributed by atoms with Gasteiger partial charge in [0.25, 0.3) is 0 Å². The SMILES string of the molecule is NC1CCCC(CN2CCC(CNC(=O)C3CCC3)CC2)C1. The summed E-state index contributed by atoms with van der Waals surface area (Å²) < 4.78 is 0. The van der Waals surface area contributed by atoms with E-state index in [1.165, 1.54) is 64.6 Å². The van der Waals surface area contributed by atoms with Gasteiger partial charge >= 0.3 is 0 Å². The second kappa shape index (κ2) is 7.78. The van der Waals surface area contributed by atoms with Gasteiger partial charge in [-0.05, 0) is 69.9 Å². The van der Waals surface area contributed by atoms with Gasteiger partial charge in [0.15, 0.2) is 0 Å². The van der Waals surface area contributed by atoms with Gasteiger partial charge in [0.05, 0.1) is 0 Å². The molecule has 3 fully saturated rings. The molecule has 1 saturated heterocycles. The van der Waals surface area contributed by atoms with E-state index in [-0.39, 0.29) is 0 Å². The van der Waals surface area contributed by atoms with Crippen LogP contribution in [0.3, 0.4) is 0 Å². The number of piperidine rings is 1. The molecule has 1 heterocycles. The van der Waals surface area contributed by atoms with Gasteiger partial charge in [-0.2, -0.15) is 0 Å². The zero-order valence-corrected chi connectivity index (χ0v) is 13.9. The maximum atomic E-state index is 11.9. The van der Waals surface area contributed by atoms with Crippen molar-refractivity contribution in [2.75, 3.05) is 26.2 Å². The number of nitrogens with zero attached hydrogens (tertiary/aromatic N) is 1. The zero-order chi connectivity index (χ0) is 15.4. The van der Waals surface area contributed by atoms with Crippen LogP contribution in [0.5, 0.6) is 0 Å². The van der Waals surface area contributed by atoms with Crippen LogP contribution in [0.15, 0.2) is 0 Å². The number of amides is 1. The van der Waals surface area contributed by atoms with Gasteiger partial charge in [0, 0.05) is 25.0 Å². The van der Waals surface area contributed by atoms with Crippen LogP contribution in [0.25, 0.3) is 0 Å². The van der Waals surface area contributed by atoms with E-state index in [9.17, 15) is 4.79 Å². The van der Waals surface area contributed by atoms with E-state index in [0.29, 0.717) is 23.8 Å². The number of rotatable bonds is 5. The third kappa shape index (κ3) is 4.45. The standard InChI is InChI=1S/C18H33N3O/c19-17-6-1-3-15(11-17)13-21-9-7-14(8-10-21)12-20-18(22)16-4-2-5-16/h14-17H,1-13,19H2,(H,20,22). The number of nitrogens with one attached hydrogen (secondary N) is 1. The molecule has 0 aromatic rings. The lowest BCUT2D eigenvalue weighted by atomic mass is 9.84. The number of carbonyl (C=O) groups is 1. The van der Waals surface area contributed by atoms with Gasteiger partial charge in [-0.1, -0.05) is 12.8 Å². The fraction of sp³-hybridized carbons (Fsp3) is 0.944. The zero-order valence-electron chi connectivity index (χ0n) is 13.9. The largest absolute Gasteiger partial charge is 0.356 e. The first kappa shape index (κ1) is 16.3. The molecule has 3 N–H and O–H groups in total. The Bertz CT molecular complexity index is 361. The summed E-state index contributed by atoms with van der Waals surface area (Å²) in [4.78, 5) is 14.5. The van der Waals surface area contributed by atoms with E-state index < -0.39 is 0 Å². The fourth-order valence-corrected chi connectivity index (χ4v) is 4.30. The van der Waals surface area contributed by atoms with Gasteiger partial charge in [0.1, 0.15) is 0 Å². The van der Waals surface area contributed by atoms with Gasteiger partial charge in [-0.15, -0.1) is 0 Å². The fourth-order valence-electron chi connectivity index (χ4n) is 4.30. The van der Waals surface area contributed by atoms with Crippen molar-refractivity contribution in [2.24, 2.45) is 23.5 Å². The minimum absolute atomic E-state index is 0.310. The topological polar surface area (TPSA) is 58.4 Å². The molecule has 0 bridgehead atoms. The molecule has 2 saturated carbocycles. The molecule has 0 spiro atoms. The number of likely N-dealkylation sites (tertiary alicyclic amines) is 1. The van der Waals surface area contributed by atoms with Crippen molar-refractivity contribution in [1.82, 2.24) is 10.2 Å². The molecule has 0 aromatic carbocycles. The Hall–Kier alpha value is -0.610. The predicted octanol–water partition coefficient (Wildman–Crippen LogP) is 2.13. The third-order valence-electron chi connectivity index (χ3n) is 6.09. The molecule has 126 valence electrons. The number of nitrogens with two attached hydrogens (primary N) is 1. The molecule has 0 radical (unpaired) electrons. The molecule has 0 aromatic heterocycles. The lowest BCUT2D eigenvalue weighted by molar-refractivity contribution is -0.127. The van der Waals surface area contributed by atoms with Crippen molar-refractivity contribution < 1.29 is 4.79 Å². The highest BCUT2D eigenvalue weighted by Gasteiger charge is 2.27. The van der Waals surface area contributed by atoms with E-state index in [1.54, 1.807) is 0 Å². The number of hydrogen-bond acceptors (Lipinski definition) is 3. The van der Waals surface area contributed by atoms with Crippen molar-refractivity contribution >= 4 is 5.91 Å². The van der Waals surface area contributed by atoms with Crippen molar-refractivity contribution in [3.63, 3.8) is 0 Å². The van der Waals surface area contributed by atoms with E-state index in [1.807, 2.05) is 0 Å². The Morgan fingerprint density at radius 1 is 1.00 bits per heavy atom. The van der Waals surface area contributed by atoms with Crippen molar-refractivity contribution in [3.8, 4) is 0 Å². The molecule has 2 atom stereocenters. The predicted molar refractivity (Wildman–Crippen MR) is 89.4 cm³/mol. The summed E-state index contributed by atoms with van der Waals surface area (Å²) in [5.74, 6) is 2.15. The van der Waals surface area contributed by atoms with Crippen LogP contribution < -0.4 is 11.1 Å². The smallest absolute Gasteiger partial charge is 0.223 e. The van der Waals surface area contributed by atoms with Crippen molar-refractivity contribution in [3.05, 3.63) is 0 Å². The summed E-state index contributed by atoms with van der Waals surface area (Å²) >= 11 is 0. The van der Waals surface area contributed by atoms with Crippen LogP contribution >= 0.6 is 0 Å². The highest BCUT2D eigenvalue weighted by atomic mass is 16.1. The lowest BCUT2D eigenvalue weighted by Crippen LogP contribution is -2.43. The van der Waals surface area contributed by atoms with Crippen LogP contribution in [0.2, 0.25) is 0 Å². The van der Waals surface area contributed by atoms with Gasteiger partial charge in [-0.3, -0.25) is 4.79 Å². The second-order valence-electron chi connectivity index (χ2n) is 7.91. The molecule has 4 heteroatoms. The van der Waals surface area contributed by atoms with E-state index in [2.05, 4.69) is 10.2 Å². The summed E-state index contributed by atoms with van der Waals surface area (Å²) in [5.41, 5.74) is 6.10. The second-order valence-corrected chi connectivity index (χ2v) is 7.91. The summed E-state index contributed by atoms with van der Waals surface area (Å²) in [6.45, 7) is 4.55. The average molecular weight is 307 g/mol. The summed E-state index contributed by atoms with van der Waals surface area (Å²) in [5, 5.41) is 3.18. The van der Waals surface area contributed by atoms with E-state index >= 15 is 0 Å². The number of hydrogen-bond donors (Lipinski definition) is 2. The van der Waals surface area contributed by atoms with Gasteiger partial charge < -0.3 is 16.0 Å². The normalized spacial score (nSPS) is 31.7. The minimum Gasteiger partial charge on any atom is -0.356 e. The Morgan fingerprint density at radius 2 is 1.73 bits per heavy atom. The lowest BCUT2D eigenvalue weighted by Gasteiger charge is -2.36. The van der Waals surface area contributed by atoms with Crippen molar-refractivity contribution in [1.29, 1.82) is 0 Å². The Labute approximate surface area is 135 Å². The molecule has 2 unspecified atom stereocenters. The molecule has 2 aliphatic carbocycles. The first-order valence-corrected chi connectivity index (χ1v) is 9.46. The first-order chi connectivity index (χ1) is 10.7. The van der Waals surface area contributed by atoms with Crippen LogP contribution in [0, 0.1) is 17.8 Å². The van der Waals surface area contributed by atoms with E-state index in [0.717, 1.165) is 25.3 Å². The van der Waals surface area contributed by atoms with Crippen molar-refractivity contribution in [2.45, 2.75) is 63.8 Å². The Kier molecular flexibility index (Phi) is 5.75. The van der Waals surface area contributed by atoms with Crippen LogP contribution in [0.4, 0.5) is 0 Å². The molecule has 4 nitrogen and oxygen atoms in total. The molecule has 3 rings (SSSR count). The maximum Gasteiger partial charge on any atom is 0.223 e. The average Bonchev–Trinajstić information content (AvgIpc) is 2.45. The Morgan fingerprint density at radius 3 is 2.36 bits per heavy atom. The van der Waals surface area contributed by atoms with Crippen LogP contribution in [0.1, 0.15) is 57.8 Å². The number of carbonyl (C=O) groups excluding carboxylic acids is 1. The molecular weight excluding hydrogens is 274 g/mol.